The molecule has 1 aliphatic rings. The van der Waals surface area contributed by atoms with Gasteiger partial charge in [0.1, 0.15) is 5.82 Å². The molecule has 0 bridgehead atoms. The zero-order valence-electron chi connectivity index (χ0n) is 12.9. The van der Waals surface area contributed by atoms with Crippen LogP contribution in [0.4, 0.5) is 4.39 Å². The molecule has 2 heterocycles. The van der Waals surface area contributed by atoms with Crippen LogP contribution in [0.3, 0.4) is 0 Å². The second-order valence-electron chi connectivity index (χ2n) is 5.73. The number of aromatic nitrogens is 1. The molecule has 3 nitrogen and oxygen atoms in total. The van der Waals surface area contributed by atoms with E-state index in [1.165, 1.54) is 11.1 Å². The number of aryl methyl sites for hydroxylation is 1. The van der Waals surface area contributed by atoms with Crippen LogP contribution in [0.25, 0.3) is 0 Å². The van der Waals surface area contributed by atoms with Crippen LogP contribution in [-0.2, 0) is 13.0 Å². The molecule has 1 unspecified atom stereocenters. The van der Waals surface area contributed by atoms with Crippen molar-refractivity contribution >= 4 is 11.3 Å². The van der Waals surface area contributed by atoms with E-state index in [1.54, 1.807) is 23.5 Å². The molecular formula is C17H22FN3S. The van der Waals surface area contributed by atoms with Gasteiger partial charge in [-0.05, 0) is 30.5 Å². The first-order chi connectivity index (χ1) is 10.8. The molecule has 22 heavy (non-hydrogen) atoms. The highest BCUT2D eigenvalue weighted by Gasteiger charge is 2.24. The highest BCUT2D eigenvalue weighted by molar-refractivity contribution is 7.09. The molecule has 5 heteroatoms. The van der Waals surface area contributed by atoms with Crippen LogP contribution < -0.4 is 5.32 Å². The number of halogens is 1. The Balaban J connectivity index is 1.74. The minimum absolute atomic E-state index is 0.165. The van der Waals surface area contributed by atoms with Gasteiger partial charge in [0.15, 0.2) is 0 Å². The van der Waals surface area contributed by atoms with Crippen LogP contribution in [0, 0.1) is 5.82 Å². The molecule has 1 N–H and O–H groups in total. The third-order valence-electron chi connectivity index (χ3n) is 4.02. The number of piperazine rings is 1. The number of nitrogens with one attached hydrogen (secondary N) is 1. The summed E-state index contributed by atoms with van der Waals surface area (Å²) in [6.45, 7) is 5.80. The Labute approximate surface area is 135 Å². The predicted octanol–water partition coefficient (Wildman–Crippen LogP) is 3.38. The van der Waals surface area contributed by atoms with Gasteiger partial charge in [-0.2, -0.15) is 0 Å². The van der Waals surface area contributed by atoms with Gasteiger partial charge in [0.25, 0.3) is 0 Å². The molecule has 1 aromatic heterocycles. The number of rotatable bonds is 5. The Morgan fingerprint density at radius 1 is 1.45 bits per heavy atom. The van der Waals surface area contributed by atoms with Gasteiger partial charge in [0.2, 0.25) is 0 Å². The van der Waals surface area contributed by atoms with Crippen molar-refractivity contribution in [3.05, 3.63) is 51.7 Å². The molecule has 3 rings (SSSR count). The second kappa shape index (κ2) is 7.31. The first-order valence-corrected chi connectivity index (χ1v) is 8.77. The van der Waals surface area contributed by atoms with Gasteiger partial charge in [-0.25, -0.2) is 9.37 Å². The standard InChI is InChI=1S/C17H22FN3S/c1-2-4-17-20-15(12-22-17)11-21-8-7-19-10-16(21)13-5-3-6-14(18)9-13/h3,5-6,9,12,16,19H,2,4,7-8,10-11H2,1H3. The lowest BCUT2D eigenvalue weighted by Gasteiger charge is -2.36. The van der Waals surface area contributed by atoms with E-state index in [4.69, 9.17) is 4.98 Å². The number of hydrogen-bond donors (Lipinski definition) is 1. The first kappa shape index (κ1) is 15.6. The zero-order chi connectivity index (χ0) is 15.4. The van der Waals surface area contributed by atoms with Crippen LogP contribution in [0.5, 0.6) is 0 Å². The predicted molar refractivity (Wildman–Crippen MR) is 88.5 cm³/mol. The lowest BCUT2D eigenvalue weighted by molar-refractivity contribution is 0.152. The summed E-state index contributed by atoms with van der Waals surface area (Å²) in [6.07, 6.45) is 2.19. The lowest BCUT2D eigenvalue weighted by Crippen LogP contribution is -2.45. The minimum atomic E-state index is -0.165. The van der Waals surface area contributed by atoms with E-state index in [-0.39, 0.29) is 11.9 Å². The molecule has 1 saturated heterocycles. The summed E-state index contributed by atoms with van der Waals surface area (Å²) in [4.78, 5) is 7.12. The van der Waals surface area contributed by atoms with Gasteiger partial charge < -0.3 is 5.32 Å². The van der Waals surface area contributed by atoms with Crippen molar-refractivity contribution in [1.29, 1.82) is 0 Å². The maximum Gasteiger partial charge on any atom is 0.123 e. The molecule has 1 atom stereocenters. The summed E-state index contributed by atoms with van der Waals surface area (Å²) in [6, 6.07) is 7.16. The summed E-state index contributed by atoms with van der Waals surface area (Å²) in [5, 5.41) is 6.79. The van der Waals surface area contributed by atoms with Crippen LogP contribution in [-0.4, -0.2) is 29.5 Å². The number of hydrogen-bond acceptors (Lipinski definition) is 4. The minimum Gasteiger partial charge on any atom is -0.314 e. The number of nitrogens with zero attached hydrogens (tertiary/aromatic N) is 2. The molecule has 0 saturated carbocycles. The molecular weight excluding hydrogens is 297 g/mol. The summed E-state index contributed by atoms with van der Waals surface area (Å²) in [5.41, 5.74) is 2.17. The molecule has 0 aliphatic carbocycles. The normalized spacial score (nSPS) is 19.5. The monoisotopic (exact) mass is 319 g/mol. The topological polar surface area (TPSA) is 28.2 Å². The van der Waals surface area contributed by atoms with Crippen LogP contribution in [0.2, 0.25) is 0 Å². The zero-order valence-corrected chi connectivity index (χ0v) is 13.7. The lowest BCUT2D eigenvalue weighted by atomic mass is 10.0. The molecule has 1 aliphatic heterocycles. The Morgan fingerprint density at radius 2 is 2.36 bits per heavy atom. The van der Waals surface area contributed by atoms with Gasteiger partial charge in [-0.3, -0.25) is 4.90 Å². The summed E-state index contributed by atoms with van der Waals surface area (Å²) < 4.78 is 13.5. The van der Waals surface area contributed by atoms with Gasteiger partial charge in [-0.15, -0.1) is 11.3 Å². The maximum absolute atomic E-state index is 13.5. The third-order valence-corrected chi connectivity index (χ3v) is 4.97. The highest BCUT2D eigenvalue weighted by atomic mass is 32.1. The summed E-state index contributed by atoms with van der Waals surface area (Å²) in [5.74, 6) is -0.165. The average Bonchev–Trinajstić information content (AvgIpc) is 2.95. The van der Waals surface area contributed by atoms with Crippen LogP contribution >= 0.6 is 11.3 Å². The smallest absolute Gasteiger partial charge is 0.123 e. The second-order valence-corrected chi connectivity index (χ2v) is 6.67. The van der Waals surface area contributed by atoms with E-state index in [2.05, 4.69) is 22.5 Å². The van der Waals surface area contributed by atoms with Gasteiger partial charge in [0, 0.05) is 37.6 Å². The van der Waals surface area contributed by atoms with E-state index < -0.39 is 0 Å². The molecule has 0 amide bonds. The van der Waals surface area contributed by atoms with E-state index >= 15 is 0 Å². The van der Waals surface area contributed by atoms with E-state index in [0.29, 0.717) is 0 Å². The number of thiazole rings is 1. The van der Waals surface area contributed by atoms with Crippen molar-refractivity contribution in [1.82, 2.24) is 15.2 Å². The van der Waals surface area contributed by atoms with Gasteiger partial charge >= 0.3 is 0 Å². The Bertz CT molecular complexity index is 613. The van der Waals surface area contributed by atoms with Crippen molar-refractivity contribution in [3.63, 3.8) is 0 Å². The van der Waals surface area contributed by atoms with Crippen molar-refractivity contribution < 1.29 is 4.39 Å². The molecule has 1 aromatic carbocycles. The molecule has 0 radical (unpaired) electrons. The van der Waals surface area contributed by atoms with E-state index in [1.807, 2.05) is 6.07 Å². The summed E-state index contributed by atoms with van der Waals surface area (Å²) >= 11 is 1.75. The van der Waals surface area contributed by atoms with Crippen molar-refractivity contribution in [2.75, 3.05) is 19.6 Å². The fourth-order valence-corrected chi connectivity index (χ4v) is 3.83. The van der Waals surface area contributed by atoms with Crippen LogP contribution in [0.15, 0.2) is 29.6 Å². The number of benzene rings is 1. The summed E-state index contributed by atoms with van der Waals surface area (Å²) in [7, 11) is 0. The third kappa shape index (κ3) is 3.72. The molecule has 0 spiro atoms. The van der Waals surface area contributed by atoms with E-state index in [9.17, 15) is 4.39 Å². The SMILES string of the molecule is CCCc1nc(CN2CCNCC2c2cccc(F)c2)cs1. The maximum atomic E-state index is 13.5. The van der Waals surface area contributed by atoms with Crippen molar-refractivity contribution in [3.8, 4) is 0 Å². The first-order valence-electron chi connectivity index (χ1n) is 7.89. The van der Waals surface area contributed by atoms with Crippen molar-refractivity contribution in [2.45, 2.75) is 32.4 Å². The average molecular weight is 319 g/mol. The molecule has 2 aromatic rings. The Hall–Kier alpha value is -1.30. The largest absolute Gasteiger partial charge is 0.314 e. The quantitative estimate of drug-likeness (QED) is 0.916. The highest BCUT2D eigenvalue weighted by Crippen LogP contribution is 2.25. The van der Waals surface area contributed by atoms with Gasteiger partial charge in [0.05, 0.1) is 10.7 Å². The van der Waals surface area contributed by atoms with E-state index in [0.717, 1.165) is 50.3 Å². The van der Waals surface area contributed by atoms with Crippen molar-refractivity contribution in [2.24, 2.45) is 0 Å². The Morgan fingerprint density at radius 3 is 3.18 bits per heavy atom. The van der Waals surface area contributed by atoms with Gasteiger partial charge in [-0.1, -0.05) is 19.1 Å². The fourth-order valence-electron chi connectivity index (χ4n) is 2.94. The fraction of sp³-hybridized carbons (Fsp3) is 0.471. The Kier molecular flexibility index (Phi) is 5.18. The van der Waals surface area contributed by atoms with Crippen LogP contribution in [0.1, 0.15) is 35.7 Å². The molecule has 1 fully saturated rings. The molecule has 118 valence electrons.